The highest BCUT2D eigenvalue weighted by atomic mass is 32.2. The van der Waals surface area contributed by atoms with Crippen molar-refractivity contribution in [1.82, 2.24) is 0 Å². The predicted molar refractivity (Wildman–Crippen MR) is 108 cm³/mol. The zero-order chi connectivity index (χ0) is 22.5. The van der Waals surface area contributed by atoms with Crippen molar-refractivity contribution in [2.24, 2.45) is 5.14 Å². The minimum absolute atomic E-state index is 0.134. The second-order valence-electron chi connectivity index (χ2n) is 8.08. The Labute approximate surface area is 173 Å². The smallest absolute Gasteiger partial charge is 0.399 e. The SMILES string of the molecule is CC1(C)OB(c2cc(S(N)(=O)=O)ccc2Nc2ccc(C(F)(F)F)cc2)OC1(C)C. The highest BCUT2D eigenvalue weighted by Crippen LogP contribution is 2.37. The minimum Gasteiger partial charge on any atom is -0.399 e. The minimum atomic E-state index is -4.44. The van der Waals surface area contributed by atoms with Crippen molar-refractivity contribution in [3.05, 3.63) is 48.0 Å². The molecule has 0 saturated carbocycles. The van der Waals surface area contributed by atoms with Crippen LogP contribution in [-0.4, -0.2) is 26.7 Å². The molecule has 11 heteroatoms. The van der Waals surface area contributed by atoms with E-state index in [1.54, 1.807) is 0 Å². The monoisotopic (exact) mass is 442 g/mol. The zero-order valence-corrected chi connectivity index (χ0v) is 17.7. The van der Waals surface area contributed by atoms with Gasteiger partial charge in [-0.2, -0.15) is 13.2 Å². The standard InChI is InChI=1S/C19H22BF3N2O4S/c1-17(2)18(3,4)29-20(28-17)15-11-14(30(24,26)27)9-10-16(15)25-13-7-5-12(6-8-13)19(21,22)23/h5-11,25H,1-4H3,(H2,24,26,27). The van der Waals surface area contributed by atoms with Crippen molar-refractivity contribution in [3.63, 3.8) is 0 Å². The molecule has 6 nitrogen and oxygen atoms in total. The first-order valence-electron chi connectivity index (χ1n) is 9.07. The van der Waals surface area contributed by atoms with Crippen LogP contribution in [0.2, 0.25) is 0 Å². The van der Waals surface area contributed by atoms with E-state index in [9.17, 15) is 21.6 Å². The molecule has 3 rings (SSSR count). The quantitative estimate of drug-likeness (QED) is 0.709. The third kappa shape index (κ3) is 4.49. The van der Waals surface area contributed by atoms with Crippen LogP contribution in [0, 0.1) is 0 Å². The molecule has 3 N–H and O–H groups in total. The summed E-state index contributed by atoms with van der Waals surface area (Å²) in [6.45, 7) is 7.39. The van der Waals surface area contributed by atoms with Gasteiger partial charge in [0.05, 0.1) is 21.7 Å². The van der Waals surface area contributed by atoms with E-state index in [2.05, 4.69) is 5.32 Å². The summed E-state index contributed by atoms with van der Waals surface area (Å²) in [5, 5.41) is 8.25. The van der Waals surface area contributed by atoms with E-state index in [0.717, 1.165) is 12.1 Å². The first kappa shape index (κ1) is 22.6. The molecule has 2 aromatic carbocycles. The third-order valence-electron chi connectivity index (χ3n) is 5.35. The summed E-state index contributed by atoms with van der Waals surface area (Å²) in [4.78, 5) is -0.134. The molecule has 0 aromatic heterocycles. The Balaban J connectivity index is 2.00. The van der Waals surface area contributed by atoms with E-state index in [0.29, 0.717) is 16.8 Å². The number of sulfonamides is 1. The molecule has 0 spiro atoms. The number of hydrogen-bond donors (Lipinski definition) is 2. The lowest BCUT2D eigenvalue weighted by Crippen LogP contribution is -2.41. The van der Waals surface area contributed by atoms with Crippen LogP contribution >= 0.6 is 0 Å². The Kier molecular flexibility index (Phi) is 5.47. The lowest BCUT2D eigenvalue weighted by Gasteiger charge is -2.32. The molecular weight excluding hydrogens is 420 g/mol. The lowest BCUT2D eigenvalue weighted by molar-refractivity contribution is -0.137. The molecule has 1 fully saturated rings. The van der Waals surface area contributed by atoms with Gasteiger partial charge < -0.3 is 14.6 Å². The highest BCUT2D eigenvalue weighted by Gasteiger charge is 2.52. The summed E-state index contributed by atoms with van der Waals surface area (Å²) >= 11 is 0. The Morgan fingerprint density at radius 1 is 0.967 bits per heavy atom. The van der Waals surface area contributed by atoms with Crippen molar-refractivity contribution in [3.8, 4) is 0 Å². The largest absolute Gasteiger partial charge is 0.497 e. The molecule has 0 unspecified atom stereocenters. The predicted octanol–water partition coefficient (Wildman–Crippen LogP) is 3.40. The maximum atomic E-state index is 12.8. The molecule has 1 aliphatic rings. The first-order valence-corrected chi connectivity index (χ1v) is 10.6. The Bertz CT molecular complexity index is 1040. The molecule has 0 bridgehead atoms. The number of nitrogens with one attached hydrogen (secondary N) is 1. The van der Waals surface area contributed by atoms with E-state index < -0.39 is 40.1 Å². The van der Waals surface area contributed by atoms with E-state index in [-0.39, 0.29) is 4.90 Å². The van der Waals surface area contributed by atoms with Crippen molar-refractivity contribution in [2.45, 2.75) is 50.0 Å². The molecule has 1 saturated heterocycles. The maximum Gasteiger partial charge on any atom is 0.497 e. The number of rotatable bonds is 4. The average Bonchev–Trinajstić information content (AvgIpc) is 2.81. The van der Waals surface area contributed by atoms with Crippen LogP contribution in [0.15, 0.2) is 47.4 Å². The van der Waals surface area contributed by atoms with Crippen molar-refractivity contribution < 1.29 is 30.9 Å². The molecule has 2 aromatic rings. The van der Waals surface area contributed by atoms with E-state index >= 15 is 0 Å². The van der Waals surface area contributed by atoms with Crippen LogP contribution in [0.25, 0.3) is 0 Å². The summed E-state index contributed by atoms with van der Waals surface area (Å²) < 4.78 is 74.1. The molecule has 1 aliphatic heterocycles. The van der Waals surface area contributed by atoms with Gasteiger partial charge in [0.25, 0.3) is 0 Å². The number of hydrogen-bond acceptors (Lipinski definition) is 5. The lowest BCUT2D eigenvalue weighted by atomic mass is 9.77. The van der Waals surface area contributed by atoms with E-state index in [1.165, 1.54) is 30.3 Å². The number of alkyl halides is 3. The fourth-order valence-electron chi connectivity index (χ4n) is 2.89. The summed E-state index contributed by atoms with van der Waals surface area (Å²) in [6.07, 6.45) is -4.44. The van der Waals surface area contributed by atoms with Gasteiger partial charge in [-0.1, -0.05) is 0 Å². The topological polar surface area (TPSA) is 90.7 Å². The Morgan fingerprint density at radius 3 is 1.97 bits per heavy atom. The van der Waals surface area contributed by atoms with Crippen molar-refractivity contribution in [2.75, 3.05) is 5.32 Å². The molecule has 30 heavy (non-hydrogen) atoms. The van der Waals surface area contributed by atoms with Crippen LogP contribution in [0.3, 0.4) is 0 Å². The van der Waals surface area contributed by atoms with Gasteiger partial charge in [0.2, 0.25) is 10.0 Å². The van der Waals surface area contributed by atoms with E-state index in [4.69, 9.17) is 14.4 Å². The zero-order valence-electron chi connectivity index (χ0n) is 16.9. The van der Waals surface area contributed by atoms with Crippen molar-refractivity contribution >= 4 is 34.0 Å². The van der Waals surface area contributed by atoms with Crippen LogP contribution in [0.5, 0.6) is 0 Å². The number of anilines is 2. The fraction of sp³-hybridized carbons (Fsp3) is 0.368. The van der Waals surface area contributed by atoms with Crippen LogP contribution in [0.1, 0.15) is 33.3 Å². The number of halogens is 3. The van der Waals surface area contributed by atoms with Gasteiger partial charge >= 0.3 is 13.3 Å². The van der Waals surface area contributed by atoms with Gasteiger partial charge in [-0.15, -0.1) is 0 Å². The second-order valence-corrected chi connectivity index (χ2v) is 9.64. The third-order valence-corrected chi connectivity index (χ3v) is 6.26. The average molecular weight is 442 g/mol. The summed E-state index contributed by atoms with van der Waals surface area (Å²) in [6, 6.07) is 8.58. The van der Waals surface area contributed by atoms with E-state index in [1.807, 2.05) is 27.7 Å². The fourth-order valence-corrected chi connectivity index (χ4v) is 3.44. The van der Waals surface area contributed by atoms with Gasteiger partial charge in [-0.25, -0.2) is 13.6 Å². The van der Waals surface area contributed by atoms with Gasteiger partial charge in [0, 0.05) is 16.8 Å². The molecule has 0 amide bonds. The molecule has 0 atom stereocenters. The molecule has 162 valence electrons. The molecule has 1 heterocycles. The number of primary sulfonamides is 1. The van der Waals surface area contributed by atoms with Crippen LogP contribution < -0.4 is 15.9 Å². The summed E-state index contributed by atoms with van der Waals surface area (Å²) in [5.74, 6) is 0. The summed E-state index contributed by atoms with van der Waals surface area (Å²) in [7, 11) is -4.90. The van der Waals surface area contributed by atoms with Gasteiger partial charge in [0.15, 0.2) is 0 Å². The second kappa shape index (κ2) is 7.26. The first-order chi connectivity index (χ1) is 13.6. The Hall–Kier alpha value is -2.08. The molecular formula is C19H22BF3N2O4S. The Morgan fingerprint density at radius 2 is 1.50 bits per heavy atom. The van der Waals surface area contributed by atoms with Crippen LogP contribution in [-0.2, 0) is 25.5 Å². The van der Waals surface area contributed by atoms with Gasteiger partial charge in [-0.3, -0.25) is 0 Å². The normalized spacial score (nSPS) is 18.5. The maximum absolute atomic E-state index is 12.8. The molecule has 0 aliphatic carbocycles. The van der Waals surface area contributed by atoms with Gasteiger partial charge in [0.1, 0.15) is 0 Å². The van der Waals surface area contributed by atoms with Crippen LogP contribution in [0.4, 0.5) is 24.5 Å². The van der Waals surface area contributed by atoms with Crippen molar-refractivity contribution in [1.29, 1.82) is 0 Å². The number of nitrogens with two attached hydrogens (primary N) is 1. The number of benzene rings is 2. The molecule has 0 radical (unpaired) electrons. The van der Waals surface area contributed by atoms with Gasteiger partial charge in [-0.05, 0) is 70.2 Å². The highest BCUT2D eigenvalue weighted by molar-refractivity contribution is 7.89. The summed E-state index contributed by atoms with van der Waals surface area (Å²) in [5.41, 5.74) is -0.976.